The zero-order chi connectivity index (χ0) is 18.0. The summed E-state index contributed by atoms with van der Waals surface area (Å²) < 4.78 is 0. The molecule has 2 aliphatic rings. The normalized spacial score (nSPS) is 27.8. The molecule has 1 N–H and O–H groups in total. The fourth-order valence-corrected chi connectivity index (χ4v) is 4.40. The Balaban J connectivity index is 1.31. The van der Waals surface area contributed by atoms with Gasteiger partial charge >= 0.3 is 6.03 Å². The van der Waals surface area contributed by atoms with Gasteiger partial charge in [-0.05, 0) is 42.2 Å². The molecule has 2 amide bonds. The molecule has 3 atom stereocenters. The smallest absolute Gasteiger partial charge is 0.317 e. The molecule has 1 heterocycles. The average Bonchev–Trinajstić information content (AvgIpc) is 3.47. The Hall–Kier alpha value is -2.29. The minimum absolute atomic E-state index is 0.0585. The Morgan fingerprint density at radius 3 is 2.54 bits per heavy atom. The predicted molar refractivity (Wildman–Crippen MR) is 105 cm³/mol. The lowest BCUT2D eigenvalue weighted by Gasteiger charge is -2.41. The summed E-state index contributed by atoms with van der Waals surface area (Å²) in [6.07, 6.45) is 3.39. The van der Waals surface area contributed by atoms with Gasteiger partial charge in [-0.1, -0.05) is 67.6 Å². The van der Waals surface area contributed by atoms with E-state index in [1.54, 1.807) is 0 Å². The molecule has 3 unspecified atom stereocenters. The third-order valence-electron chi connectivity index (χ3n) is 6.12. The van der Waals surface area contributed by atoms with Gasteiger partial charge in [-0.25, -0.2) is 4.79 Å². The number of rotatable bonds is 4. The number of hydrogen-bond donors (Lipinski definition) is 1. The SMILES string of the molecule is CC1(c2ccccc2)CCCN(C(=O)NCC2CC2c2ccccc2)C1. The van der Waals surface area contributed by atoms with Crippen LogP contribution in [0, 0.1) is 5.92 Å². The fraction of sp³-hybridized carbons (Fsp3) is 0.435. The third-order valence-corrected chi connectivity index (χ3v) is 6.12. The summed E-state index contributed by atoms with van der Waals surface area (Å²) in [7, 11) is 0. The van der Waals surface area contributed by atoms with Crippen molar-refractivity contribution in [1.29, 1.82) is 0 Å². The third kappa shape index (κ3) is 3.62. The molecular formula is C23H28N2O. The van der Waals surface area contributed by atoms with Crippen LogP contribution in [0.4, 0.5) is 4.79 Å². The van der Waals surface area contributed by atoms with E-state index in [0.29, 0.717) is 11.8 Å². The molecular weight excluding hydrogens is 320 g/mol. The molecule has 0 bridgehead atoms. The van der Waals surface area contributed by atoms with E-state index in [0.717, 1.165) is 32.5 Å². The Bertz CT molecular complexity index is 745. The van der Waals surface area contributed by atoms with Crippen molar-refractivity contribution in [1.82, 2.24) is 10.2 Å². The van der Waals surface area contributed by atoms with Gasteiger partial charge in [-0.15, -0.1) is 0 Å². The van der Waals surface area contributed by atoms with Crippen molar-refractivity contribution < 1.29 is 4.79 Å². The van der Waals surface area contributed by atoms with Gasteiger partial charge in [0.25, 0.3) is 0 Å². The van der Waals surface area contributed by atoms with E-state index < -0.39 is 0 Å². The van der Waals surface area contributed by atoms with Gasteiger partial charge in [0.2, 0.25) is 0 Å². The topological polar surface area (TPSA) is 32.3 Å². The molecule has 136 valence electrons. The van der Waals surface area contributed by atoms with Crippen LogP contribution < -0.4 is 5.32 Å². The molecule has 1 aliphatic heterocycles. The van der Waals surface area contributed by atoms with E-state index in [1.165, 1.54) is 17.5 Å². The van der Waals surface area contributed by atoms with Gasteiger partial charge in [0.15, 0.2) is 0 Å². The highest BCUT2D eigenvalue weighted by Gasteiger charge is 2.39. The maximum atomic E-state index is 12.7. The summed E-state index contributed by atoms with van der Waals surface area (Å²) in [6, 6.07) is 21.4. The monoisotopic (exact) mass is 348 g/mol. The molecule has 0 radical (unpaired) electrons. The van der Waals surface area contributed by atoms with Crippen molar-refractivity contribution in [3.05, 3.63) is 71.8 Å². The molecule has 0 aromatic heterocycles. The number of nitrogens with zero attached hydrogens (tertiary/aromatic N) is 1. The molecule has 2 aromatic rings. The van der Waals surface area contributed by atoms with Crippen molar-refractivity contribution in [2.75, 3.05) is 19.6 Å². The number of piperidine rings is 1. The lowest BCUT2D eigenvalue weighted by molar-refractivity contribution is 0.155. The summed E-state index contributed by atoms with van der Waals surface area (Å²) in [5.74, 6) is 1.21. The highest BCUT2D eigenvalue weighted by Crippen LogP contribution is 2.46. The van der Waals surface area contributed by atoms with Crippen LogP contribution in [0.5, 0.6) is 0 Å². The van der Waals surface area contributed by atoms with Gasteiger partial charge < -0.3 is 10.2 Å². The number of benzene rings is 2. The maximum absolute atomic E-state index is 12.7. The van der Waals surface area contributed by atoms with E-state index >= 15 is 0 Å². The zero-order valence-electron chi connectivity index (χ0n) is 15.5. The second kappa shape index (κ2) is 7.14. The van der Waals surface area contributed by atoms with E-state index in [1.807, 2.05) is 4.90 Å². The summed E-state index contributed by atoms with van der Waals surface area (Å²) in [5, 5.41) is 3.19. The summed E-state index contributed by atoms with van der Waals surface area (Å²) in [4.78, 5) is 14.7. The first-order valence-corrected chi connectivity index (χ1v) is 9.79. The van der Waals surface area contributed by atoms with E-state index in [4.69, 9.17) is 0 Å². The molecule has 3 nitrogen and oxygen atoms in total. The van der Waals surface area contributed by atoms with Crippen molar-refractivity contribution >= 4 is 6.03 Å². The molecule has 2 fully saturated rings. The second-order valence-corrected chi connectivity index (χ2v) is 8.15. The van der Waals surface area contributed by atoms with Crippen molar-refractivity contribution in [3.8, 4) is 0 Å². The molecule has 2 aromatic carbocycles. The van der Waals surface area contributed by atoms with Crippen molar-refractivity contribution in [3.63, 3.8) is 0 Å². The summed E-state index contributed by atoms with van der Waals surface area (Å²) in [5.41, 5.74) is 2.80. The number of carbonyl (C=O) groups is 1. The Kier molecular flexibility index (Phi) is 4.71. The minimum atomic E-state index is 0.0585. The van der Waals surface area contributed by atoms with E-state index in [2.05, 4.69) is 72.9 Å². The van der Waals surface area contributed by atoms with Gasteiger partial charge in [0.05, 0.1) is 0 Å². The van der Waals surface area contributed by atoms with Crippen LogP contribution in [0.3, 0.4) is 0 Å². The summed E-state index contributed by atoms with van der Waals surface area (Å²) >= 11 is 0. The van der Waals surface area contributed by atoms with Crippen LogP contribution in [0.2, 0.25) is 0 Å². The second-order valence-electron chi connectivity index (χ2n) is 8.15. The quantitative estimate of drug-likeness (QED) is 0.863. The van der Waals surface area contributed by atoms with Gasteiger partial charge in [-0.3, -0.25) is 0 Å². The first kappa shape index (κ1) is 17.1. The lowest BCUT2D eigenvalue weighted by Crippen LogP contribution is -2.50. The minimum Gasteiger partial charge on any atom is -0.338 e. The van der Waals surface area contributed by atoms with Crippen LogP contribution >= 0.6 is 0 Å². The predicted octanol–water partition coefficient (Wildman–Crippen LogP) is 4.55. The molecule has 1 aliphatic carbocycles. The zero-order valence-corrected chi connectivity index (χ0v) is 15.5. The highest BCUT2D eigenvalue weighted by atomic mass is 16.2. The standard InChI is InChI=1S/C23H28N2O/c1-23(20-11-6-3-7-12-20)13-8-14-25(17-23)22(26)24-16-19-15-21(19)18-9-4-2-5-10-18/h2-7,9-12,19,21H,8,13-17H2,1H3,(H,24,26). The molecule has 1 saturated heterocycles. The van der Waals surface area contributed by atoms with E-state index in [9.17, 15) is 4.79 Å². The maximum Gasteiger partial charge on any atom is 0.317 e. The number of likely N-dealkylation sites (tertiary alicyclic amines) is 1. The number of carbonyl (C=O) groups excluding carboxylic acids is 1. The van der Waals surface area contributed by atoms with Gasteiger partial charge in [-0.2, -0.15) is 0 Å². The van der Waals surface area contributed by atoms with Crippen LogP contribution in [0.25, 0.3) is 0 Å². The van der Waals surface area contributed by atoms with Crippen LogP contribution in [0.1, 0.15) is 43.2 Å². The average molecular weight is 348 g/mol. The Morgan fingerprint density at radius 2 is 1.81 bits per heavy atom. The van der Waals surface area contributed by atoms with Crippen molar-refractivity contribution in [2.24, 2.45) is 5.92 Å². The Morgan fingerprint density at radius 1 is 1.12 bits per heavy atom. The molecule has 3 heteroatoms. The molecule has 0 spiro atoms. The van der Waals surface area contributed by atoms with Gasteiger partial charge in [0, 0.05) is 25.0 Å². The van der Waals surface area contributed by atoms with Crippen LogP contribution in [-0.4, -0.2) is 30.6 Å². The van der Waals surface area contributed by atoms with Crippen LogP contribution in [0.15, 0.2) is 60.7 Å². The lowest BCUT2D eigenvalue weighted by atomic mass is 9.76. The van der Waals surface area contributed by atoms with Crippen LogP contribution in [-0.2, 0) is 5.41 Å². The first-order chi connectivity index (χ1) is 12.7. The number of nitrogens with one attached hydrogen (secondary N) is 1. The van der Waals surface area contributed by atoms with E-state index in [-0.39, 0.29) is 11.4 Å². The molecule has 4 rings (SSSR count). The first-order valence-electron chi connectivity index (χ1n) is 9.79. The number of amides is 2. The van der Waals surface area contributed by atoms with Gasteiger partial charge in [0.1, 0.15) is 0 Å². The largest absolute Gasteiger partial charge is 0.338 e. The highest BCUT2D eigenvalue weighted by molar-refractivity contribution is 5.74. The summed E-state index contributed by atoms with van der Waals surface area (Å²) in [6.45, 7) is 4.74. The molecule has 26 heavy (non-hydrogen) atoms. The fourth-order valence-electron chi connectivity index (χ4n) is 4.40. The van der Waals surface area contributed by atoms with Crippen molar-refractivity contribution in [2.45, 2.75) is 37.5 Å². The Labute approximate surface area is 156 Å². The molecule has 1 saturated carbocycles. The number of urea groups is 1. The number of hydrogen-bond acceptors (Lipinski definition) is 1.